The predicted octanol–water partition coefficient (Wildman–Crippen LogP) is 5.03. The Hall–Kier alpha value is -2.44. The van der Waals surface area contributed by atoms with Crippen molar-refractivity contribution in [1.29, 1.82) is 0 Å². The number of hydrogen-bond donors (Lipinski definition) is 1. The first-order valence-electron chi connectivity index (χ1n) is 11.8. The van der Waals surface area contributed by atoms with Gasteiger partial charge >= 0.3 is 5.97 Å². The molecule has 2 aromatic rings. The topological polar surface area (TPSA) is 66.8 Å². The first-order valence-corrected chi connectivity index (χ1v) is 12.7. The van der Waals surface area contributed by atoms with Crippen molar-refractivity contribution in [2.45, 2.75) is 64.0 Å². The summed E-state index contributed by atoms with van der Waals surface area (Å²) in [6, 6.07) is 14.2. The molecule has 178 valence electrons. The second-order valence-corrected chi connectivity index (χ2v) is 9.95. The lowest BCUT2D eigenvalue weighted by Gasteiger charge is -2.23. The first-order chi connectivity index (χ1) is 16.0. The van der Waals surface area contributed by atoms with Gasteiger partial charge in [-0.1, -0.05) is 49.4 Å². The van der Waals surface area contributed by atoms with E-state index in [2.05, 4.69) is 31.2 Å². The number of amides is 1. The number of methoxy groups -OCH3 is 1. The highest BCUT2D eigenvalue weighted by Crippen LogP contribution is 2.23. The standard InChI is InChI=1S/C27H35NO4S/c1-20(8-6-11-21-9-4-3-5-10-21)24(29)16-13-22-14-18-26(30)28(22)19-7-12-23-15-17-25(33-23)27(31)32-2/h3-5,9-10,13,15-17,20,22,24,29H,6-8,11-12,14,18-19H2,1-2H3. The fourth-order valence-electron chi connectivity index (χ4n) is 4.27. The summed E-state index contributed by atoms with van der Waals surface area (Å²) < 4.78 is 4.76. The average Bonchev–Trinajstić information content (AvgIpc) is 3.44. The summed E-state index contributed by atoms with van der Waals surface area (Å²) in [6.45, 7) is 2.77. The lowest BCUT2D eigenvalue weighted by molar-refractivity contribution is -0.128. The van der Waals surface area contributed by atoms with Gasteiger partial charge in [-0.2, -0.15) is 0 Å². The van der Waals surface area contributed by atoms with E-state index in [-0.39, 0.29) is 23.8 Å². The Bertz CT molecular complexity index is 923. The van der Waals surface area contributed by atoms with E-state index in [1.165, 1.54) is 24.0 Å². The number of esters is 1. The van der Waals surface area contributed by atoms with Crippen LogP contribution in [0.4, 0.5) is 0 Å². The van der Waals surface area contributed by atoms with Crippen molar-refractivity contribution in [1.82, 2.24) is 4.90 Å². The lowest BCUT2D eigenvalue weighted by Crippen LogP contribution is -2.33. The number of ether oxygens (including phenoxy) is 1. The number of nitrogens with zero attached hydrogens (tertiary/aromatic N) is 1. The molecule has 1 aromatic carbocycles. The molecule has 1 aliphatic heterocycles. The van der Waals surface area contributed by atoms with Gasteiger partial charge in [0.2, 0.25) is 5.91 Å². The van der Waals surface area contributed by atoms with Crippen molar-refractivity contribution in [3.63, 3.8) is 0 Å². The third-order valence-electron chi connectivity index (χ3n) is 6.33. The fraction of sp³-hybridized carbons (Fsp3) is 0.481. The van der Waals surface area contributed by atoms with Crippen LogP contribution in [0.15, 0.2) is 54.6 Å². The molecule has 5 nitrogen and oxygen atoms in total. The Balaban J connectivity index is 1.43. The number of thiophene rings is 1. The molecule has 0 aliphatic carbocycles. The molecule has 1 N–H and O–H groups in total. The van der Waals surface area contributed by atoms with Crippen LogP contribution < -0.4 is 0 Å². The van der Waals surface area contributed by atoms with Crippen molar-refractivity contribution < 1.29 is 19.4 Å². The summed E-state index contributed by atoms with van der Waals surface area (Å²) in [6.07, 6.45) is 9.46. The highest BCUT2D eigenvalue weighted by molar-refractivity contribution is 7.13. The number of hydrogen-bond acceptors (Lipinski definition) is 5. The van der Waals surface area contributed by atoms with Crippen molar-refractivity contribution in [3.8, 4) is 0 Å². The zero-order valence-corrected chi connectivity index (χ0v) is 20.4. The number of carbonyl (C=O) groups excluding carboxylic acids is 2. The van der Waals surface area contributed by atoms with Gasteiger partial charge in [-0.05, 0) is 62.1 Å². The van der Waals surface area contributed by atoms with Crippen LogP contribution in [-0.2, 0) is 22.4 Å². The van der Waals surface area contributed by atoms with Crippen LogP contribution in [0.2, 0.25) is 0 Å². The average molecular weight is 470 g/mol. The molecular formula is C27H35NO4S. The summed E-state index contributed by atoms with van der Waals surface area (Å²) in [5, 5.41) is 10.6. The number of likely N-dealkylation sites (tertiary alicyclic amines) is 1. The van der Waals surface area contributed by atoms with Gasteiger partial charge in [0.05, 0.1) is 19.3 Å². The van der Waals surface area contributed by atoms with Crippen LogP contribution >= 0.6 is 11.3 Å². The molecule has 1 aromatic heterocycles. The second-order valence-electron chi connectivity index (χ2n) is 8.78. The van der Waals surface area contributed by atoms with Crippen LogP contribution in [0.1, 0.15) is 59.1 Å². The number of benzene rings is 1. The van der Waals surface area contributed by atoms with Crippen molar-refractivity contribution in [2.75, 3.05) is 13.7 Å². The Morgan fingerprint density at radius 3 is 2.76 bits per heavy atom. The van der Waals surface area contributed by atoms with E-state index in [0.29, 0.717) is 17.8 Å². The summed E-state index contributed by atoms with van der Waals surface area (Å²) in [4.78, 5) is 27.6. The van der Waals surface area contributed by atoms with Gasteiger partial charge in [0.1, 0.15) is 4.88 Å². The van der Waals surface area contributed by atoms with E-state index in [1.54, 1.807) is 6.07 Å². The maximum Gasteiger partial charge on any atom is 0.348 e. The molecule has 0 spiro atoms. The van der Waals surface area contributed by atoms with E-state index in [9.17, 15) is 14.7 Å². The molecule has 1 fully saturated rings. The number of carbonyl (C=O) groups is 2. The zero-order chi connectivity index (χ0) is 23.6. The SMILES string of the molecule is COC(=O)c1ccc(CCCN2C(=O)CCC2C=CC(O)C(C)CCCc2ccccc2)s1. The molecule has 3 rings (SSSR count). The summed E-state index contributed by atoms with van der Waals surface area (Å²) in [5.74, 6) is 0.0499. The van der Waals surface area contributed by atoms with Crippen molar-refractivity contribution in [3.05, 3.63) is 69.9 Å². The van der Waals surface area contributed by atoms with Gasteiger partial charge in [-0.3, -0.25) is 4.79 Å². The zero-order valence-electron chi connectivity index (χ0n) is 19.6. The molecule has 1 amide bonds. The third-order valence-corrected chi connectivity index (χ3v) is 7.45. The maximum absolute atomic E-state index is 12.4. The molecule has 0 saturated carbocycles. The van der Waals surface area contributed by atoms with E-state index >= 15 is 0 Å². The van der Waals surface area contributed by atoms with Crippen LogP contribution in [0.3, 0.4) is 0 Å². The molecule has 33 heavy (non-hydrogen) atoms. The Morgan fingerprint density at radius 1 is 1.21 bits per heavy atom. The quantitative estimate of drug-likeness (QED) is 0.350. The summed E-state index contributed by atoms with van der Waals surface area (Å²) in [7, 11) is 1.39. The molecule has 0 radical (unpaired) electrons. The van der Waals surface area contributed by atoms with Crippen LogP contribution in [0.25, 0.3) is 0 Å². The molecule has 1 saturated heterocycles. The molecule has 2 heterocycles. The minimum atomic E-state index is -0.499. The molecule has 0 bridgehead atoms. The van der Waals surface area contributed by atoms with Crippen molar-refractivity contribution in [2.24, 2.45) is 5.92 Å². The maximum atomic E-state index is 12.4. The minimum absolute atomic E-state index is 0.0534. The second kappa shape index (κ2) is 12.7. The molecule has 3 atom stereocenters. The van der Waals surface area contributed by atoms with Gasteiger partial charge in [0.25, 0.3) is 0 Å². The predicted molar refractivity (Wildman–Crippen MR) is 132 cm³/mol. The van der Waals surface area contributed by atoms with Gasteiger partial charge in [-0.25, -0.2) is 4.79 Å². The Morgan fingerprint density at radius 2 is 2.00 bits per heavy atom. The van der Waals surface area contributed by atoms with E-state index in [1.807, 2.05) is 29.2 Å². The molecule has 1 aliphatic rings. The van der Waals surface area contributed by atoms with Crippen LogP contribution in [0, 0.1) is 5.92 Å². The smallest absolute Gasteiger partial charge is 0.348 e. The van der Waals surface area contributed by atoms with Gasteiger partial charge in [0, 0.05) is 17.8 Å². The number of aliphatic hydroxyl groups is 1. The largest absolute Gasteiger partial charge is 0.465 e. The molecular weight excluding hydrogens is 434 g/mol. The highest BCUT2D eigenvalue weighted by atomic mass is 32.1. The highest BCUT2D eigenvalue weighted by Gasteiger charge is 2.28. The van der Waals surface area contributed by atoms with Gasteiger partial charge in [-0.15, -0.1) is 11.3 Å². The van der Waals surface area contributed by atoms with Crippen LogP contribution in [0.5, 0.6) is 0 Å². The Labute approximate surface area is 201 Å². The van der Waals surface area contributed by atoms with E-state index in [0.717, 1.165) is 43.4 Å². The fourth-order valence-corrected chi connectivity index (χ4v) is 5.24. The minimum Gasteiger partial charge on any atom is -0.465 e. The molecule has 6 heteroatoms. The normalized spacial score (nSPS) is 18.1. The number of aliphatic hydroxyl groups excluding tert-OH is 1. The third kappa shape index (κ3) is 7.54. The van der Waals surface area contributed by atoms with Crippen molar-refractivity contribution >= 4 is 23.2 Å². The monoisotopic (exact) mass is 469 g/mol. The molecule has 3 unspecified atom stereocenters. The Kier molecular flexibility index (Phi) is 9.70. The van der Waals surface area contributed by atoms with E-state index in [4.69, 9.17) is 4.74 Å². The van der Waals surface area contributed by atoms with Gasteiger partial charge in [0.15, 0.2) is 0 Å². The summed E-state index contributed by atoms with van der Waals surface area (Å²) >= 11 is 1.45. The number of aryl methyl sites for hydroxylation is 2. The summed E-state index contributed by atoms with van der Waals surface area (Å²) in [5.41, 5.74) is 1.33. The lowest BCUT2D eigenvalue weighted by atomic mass is 9.95. The van der Waals surface area contributed by atoms with Gasteiger partial charge < -0.3 is 14.7 Å². The number of rotatable bonds is 12. The van der Waals surface area contributed by atoms with E-state index < -0.39 is 6.10 Å². The first kappa shape index (κ1) is 25.2. The van der Waals surface area contributed by atoms with Crippen LogP contribution in [-0.4, -0.2) is 47.7 Å².